The van der Waals surface area contributed by atoms with Crippen molar-refractivity contribution < 1.29 is 32.6 Å². The highest BCUT2D eigenvalue weighted by Gasteiger charge is 2.89. The second-order valence-corrected chi connectivity index (χ2v) is 5.70. The topological polar surface area (TPSA) is 0 Å². The summed E-state index contributed by atoms with van der Waals surface area (Å²) in [5, 5.41) is -5.95. The number of hydrogen-bond acceptors (Lipinski definition) is 0. The summed E-state index contributed by atoms with van der Waals surface area (Å²) in [6.45, 7) is 0. The van der Waals surface area contributed by atoms with E-state index in [1.165, 1.54) is 0 Å². The van der Waals surface area contributed by atoms with Crippen LogP contribution in [0.25, 0.3) is 0 Å². The van der Waals surface area contributed by atoms with Crippen LogP contribution in [0.2, 0.25) is 0 Å². The Morgan fingerprint density at radius 1 is 0.769 bits per heavy atom. The quantitative estimate of drug-likeness (QED) is 0.494. The van der Waals surface area contributed by atoms with Gasteiger partial charge in [-0.15, -0.1) is 0 Å². The van der Waals surface area contributed by atoms with Crippen LogP contribution in [0.3, 0.4) is 0 Å². The zero-order valence-corrected chi connectivity index (χ0v) is 7.52. The van der Waals surface area contributed by atoms with Crippen molar-refractivity contribution in [3.05, 3.63) is 0 Å². The molecule has 11 heteroatoms. The van der Waals surface area contributed by atoms with E-state index in [9.17, 15) is 32.6 Å². The lowest BCUT2D eigenvalue weighted by molar-refractivity contribution is 0.00287. The zero-order valence-electron chi connectivity index (χ0n) is 5.19. The van der Waals surface area contributed by atoms with E-state index in [-0.39, 0.29) is 0 Å². The Balaban J connectivity index is 5.60. The van der Waals surface area contributed by atoms with Gasteiger partial charge in [-0.3, -0.25) is 0 Å². The van der Waals surface area contributed by atoms with Crippen LogP contribution in [0.4, 0.5) is 32.6 Å². The summed E-state index contributed by atoms with van der Waals surface area (Å²) in [5.74, 6) is 0. The van der Waals surface area contributed by atoms with E-state index in [0.717, 1.165) is 0 Å². The van der Waals surface area contributed by atoms with E-state index < -0.39 is 20.1 Å². The van der Waals surface area contributed by atoms with E-state index >= 15 is 0 Å². The molecule has 0 aromatic carbocycles. The highest BCUT2D eigenvalue weighted by molar-refractivity contribution is 8.47. The summed E-state index contributed by atoms with van der Waals surface area (Å²) in [6, 6.07) is 0. The molecule has 84 valence electrons. The Labute approximate surface area is 76.5 Å². The fourth-order valence-electron chi connectivity index (χ4n) is 0.219. The molecule has 0 fully saturated rings. The molecular weight excluding hydrogens is 279 g/mol. The molecule has 0 saturated carbocycles. The first-order chi connectivity index (χ1) is 5.00. The summed E-state index contributed by atoms with van der Waals surface area (Å²) in [7, 11) is -11.2. The van der Waals surface area contributed by atoms with Gasteiger partial charge in [0, 0.05) is 0 Å². The molecule has 0 aliphatic heterocycles. The highest BCUT2D eigenvalue weighted by Crippen LogP contribution is 3.06. The van der Waals surface area contributed by atoms with E-state index in [2.05, 4.69) is 23.2 Å². The van der Waals surface area contributed by atoms with Gasteiger partial charge in [0.1, 0.15) is 0 Å². The van der Waals surface area contributed by atoms with Gasteiger partial charge in [0.15, 0.2) is 0 Å². The Morgan fingerprint density at radius 2 is 1.00 bits per heavy atom. The molecule has 13 heavy (non-hydrogen) atoms. The number of hydrogen-bond donors (Lipinski definition) is 0. The van der Waals surface area contributed by atoms with Crippen molar-refractivity contribution in [1.82, 2.24) is 0 Å². The lowest BCUT2D eigenvalue weighted by atomic mass is 10.8. The summed E-state index contributed by atoms with van der Waals surface area (Å²) >= 11 is 6.88. The molecule has 0 spiro atoms. The van der Waals surface area contributed by atoms with Crippen molar-refractivity contribution >= 4 is 33.4 Å². The molecular formula is C2Cl2F8S. The minimum Gasteiger partial charge on any atom is -0.195 e. The number of alkyl halides is 5. The van der Waals surface area contributed by atoms with Crippen molar-refractivity contribution in [2.45, 2.75) is 9.84 Å². The first kappa shape index (κ1) is 13.4. The standard InChI is InChI=1S/C2Cl2F8S/c3-1(5,6)2(4,7)13(8,9,10,11)12. The van der Waals surface area contributed by atoms with Gasteiger partial charge >= 0.3 is 20.1 Å². The van der Waals surface area contributed by atoms with Crippen LogP contribution in [0, 0.1) is 0 Å². The second-order valence-electron chi connectivity index (χ2n) is 1.98. The third-order valence-electron chi connectivity index (χ3n) is 0.814. The lowest BCUT2D eigenvalue weighted by Gasteiger charge is -2.48. The zero-order chi connectivity index (χ0) is 11.4. The molecule has 0 rings (SSSR count). The van der Waals surface area contributed by atoms with E-state index in [1.807, 2.05) is 0 Å². The molecule has 0 aliphatic carbocycles. The third kappa shape index (κ3) is 2.24. The maximum Gasteiger partial charge on any atom is 0.396 e. The van der Waals surface area contributed by atoms with Crippen LogP contribution < -0.4 is 0 Å². The minimum atomic E-state index is -11.2. The highest BCUT2D eigenvalue weighted by atomic mass is 35.5. The molecule has 0 N–H and O–H groups in total. The fraction of sp³-hybridized carbons (Fsp3) is 1.00. The Morgan fingerprint density at radius 3 is 1.00 bits per heavy atom. The monoisotopic (exact) mass is 278 g/mol. The van der Waals surface area contributed by atoms with Gasteiger partial charge in [-0.2, -0.15) is 13.2 Å². The molecule has 0 heterocycles. The summed E-state index contributed by atoms with van der Waals surface area (Å²) < 4.78 is 85.6. The van der Waals surface area contributed by atoms with Gasteiger partial charge in [0.05, 0.1) is 0 Å². The molecule has 0 radical (unpaired) electrons. The molecule has 0 saturated heterocycles. The predicted molar refractivity (Wildman–Crippen MR) is 33.6 cm³/mol. The van der Waals surface area contributed by atoms with Gasteiger partial charge in [-0.1, -0.05) is 31.0 Å². The van der Waals surface area contributed by atoms with Crippen molar-refractivity contribution in [3.8, 4) is 0 Å². The SMILES string of the molecule is FC(F)(Cl)C(F)(Cl)S(F)(F)(F)(F)F. The predicted octanol–water partition coefficient (Wildman–Crippen LogP) is 4.98. The van der Waals surface area contributed by atoms with Crippen LogP contribution >= 0.6 is 33.4 Å². The molecule has 1 atom stereocenters. The Bertz CT molecular complexity index is 219. The maximum atomic E-state index is 11.9. The molecule has 0 amide bonds. The van der Waals surface area contributed by atoms with Gasteiger partial charge < -0.3 is 0 Å². The Hall–Kier alpha value is 0.370. The molecule has 0 nitrogen and oxygen atoms in total. The van der Waals surface area contributed by atoms with E-state index in [0.29, 0.717) is 0 Å². The fourth-order valence-corrected chi connectivity index (χ4v) is 1.09. The van der Waals surface area contributed by atoms with Crippen molar-refractivity contribution in [3.63, 3.8) is 0 Å². The summed E-state index contributed by atoms with van der Waals surface area (Å²) in [6.07, 6.45) is 0. The van der Waals surface area contributed by atoms with Crippen LogP contribution in [0.5, 0.6) is 0 Å². The first-order valence-electron chi connectivity index (χ1n) is 2.17. The second kappa shape index (κ2) is 2.13. The van der Waals surface area contributed by atoms with E-state index in [1.54, 1.807) is 0 Å². The average molecular weight is 279 g/mol. The van der Waals surface area contributed by atoms with Gasteiger partial charge in [0.25, 0.3) is 0 Å². The van der Waals surface area contributed by atoms with Crippen LogP contribution in [0.1, 0.15) is 0 Å². The molecule has 0 aliphatic rings. The van der Waals surface area contributed by atoms with Gasteiger partial charge in [0.2, 0.25) is 0 Å². The molecule has 0 aromatic heterocycles. The normalized spacial score (nSPS) is 24.5. The van der Waals surface area contributed by atoms with Gasteiger partial charge in [-0.05, 0) is 11.6 Å². The largest absolute Gasteiger partial charge is 0.396 e. The average Bonchev–Trinajstić information content (AvgIpc) is 1.52. The van der Waals surface area contributed by atoms with Crippen LogP contribution in [-0.2, 0) is 0 Å². The van der Waals surface area contributed by atoms with Crippen LogP contribution in [0.15, 0.2) is 0 Å². The summed E-state index contributed by atoms with van der Waals surface area (Å²) in [4.78, 5) is 0. The number of halogens is 10. The van der Waals surface area contributed by atoms with Crippen molar-refractivity contribution in [1.29, 1.82) is 0 Å². The molecule has 0 aromatic rings. The third-order valence-corrected chi connectivity index (χ3v) is 3.62. The summed E-state index contributed by atoms with van der Waals surface area (Å²) in [5.41, 5.74) is 0. The first-order valence-corrected chi connectivity index (χ1v) is 4.88. The maximum absolute atomic E-state index is 11.9. The molecule has 0 bridgehead atoms. The van der Waals surface area contributed by atoms with Crippen molar-refractivity contribution in [2.75, 3.05) is 0 Å². The minimum absolute atomic E-state index is 3.40. The van der Waals surface area contributed by atoms with Crippen molar-refractivity contribution in [2.24, 2.45) is 0 Å². The lowest BCUT2D eigenvalue weighted by Crippen LogP contribution is -2.44. The Kier molecular flexibility index (Phi) is 2.20. The van der Waals surface area contributed by atoms with Crippen LogP contribution in [-0.4, -0.2) is 9.84 Å². The van der Waals surface area contributed by atoms with Gasteiger partial charge in [-0.25, -0.2) is 0 Å². The number of rotatable bonds is 2. The smallest absolute Gasteiger partial charge is 0.195 e. The molecule has 1 unspecified atom stereocenters. The van der Waals surface area contributed by atoms with E-state index in [4.69, 9.17) is 0 Å².